The number of benzene rings is 4. The summed E-state index contributed by atoms with van der Waals surface area (Å²) in [4.78, 5) is 0. The minimum atomic E-state index is 0.620. The normalized spacial score (nSPS) is 10.7. The molecule has 1 heteroatoms. The highest BCUT2D eigenvalue weighted by molar-refractivity contribution is 6.70. The quantitative estimate of drug-likeness (QED) is 0.433. The number of hydrogen-bond donors (Lipinski definition) is 0. The lowest BCUT2D eigenvalue weighted by Crippen LogP contribution is -2.30. The third-order valence-corrected chi connectivity index (χ3v) is 6.26. The van der Waals surface area contributed by atoms with Gasteiger partial charge in [0.2, 0.25) is 0 Å². The molecule has 27 heavy (non-hydrogen) atoms. The Hall–Kier alpha value is -2.90. The number of rotatable bonds is 4. The molecule has 0 bridgehead atoms. The number of hydrogen-bond acceptors (Lipinski definition) is 0. The van der Waals surface area contributed by atoms with E-state index >= 15 is 0 Å². The molecule has 0 aromatic heterocycles. The van der Waals surface area contributed by atoms with Gasteiger partial charge in [0.25, 0.3) is 0 Å². The molecule has 0 atom stereocenters. The first-order valence-corrected chi connectivity index (χ1v) is 10.3. The lowest BCUT2D eigenvalue weighted by molar-refractivity contribution is 1.47. The summed E-state index contributed by atoms with van der Waals surface area (Å²) in [5.41, 5.74) is 7.82. The van der Waals surface area contributed by atoms with Gasteiger partial charge in [0.1, 0.15) is 9.52 Å². The van der Waals surface area contributed by atoms with Crippen LogP contribution >= 0.6 is 0 Å². The average molecular weight is 363 g/mol. The van der Waals surface area contributed by atoms with Crippen molar-refractivity contribution in [3.8, 4) is 22.3 Å². The van der Waals surface area contributed by atoms with E-state index in [1.807, 2.05) is 0 Å². The van der Waals surface area contributed by atoms with E-state index in [1.54, 1.807) is 0 Å². The SMILES string of the molecule is Cc1ccc(-c2ccccc2[Si]c2ccccc2-c2ccc(C)cc2)cc1. The zero-order valence-electron chi connectivity index (χ0n) is 15.7. The Kier molecular flexibility index (Phi) is 5.04. The van der Waals surface area contributed by atoms with Crippen LogP contribution in [0.2, 0.25) is 0 Å². The third-order valence-electron chi connectivity index (χ3n) is 4.85. The molecule has 130 valence electrons. The Morgan fingerprint density at radius 2 is 0.815 bits per heavy atom. The van der Waals surface area contributed by atoms with Gasteiger partial charge < -0.3 is 0 Å². The fourth-order valence-corrected chi connectivity index (χ4v) is 4.67. The molecule has 0 aliphatic heterocycles. The Morgan fingerprint density at radius 3 is 1.22 bits per heavy atom. The minimum absolute atomic E-state index is 0.620. The molecule has 0 nitrogen and oxygen atoms in total. The van der Waals surface area contributed by atoms with Crippen LogP contribution in [0.5, 0.6) is 0 Å². The molecule has 4 aromatic carbocycles. The Balaban J connectivity index is 1.74. The summed E-state index contributed by atoms with van der Waals surface area (Å²) < 4.78 is 0. The Morgan fingerprint density at radius 1 is 0.444 bits per heavy atom. The highest BCUT2D eigenvalue weighted by atomic mass is 28.2. The van der Waals surface area contributed by atoms with Crippen molar-refractivity contribution in [3.05, 3.63) is 108 Å². The Bertz CT molecular complexity index is 957. The molecular formula is C26H22Si. The maximum Gasteiger partial charge on any atom is 0.123 e. The molecule has 2 radical (unpaired) electrons. The summed E-state index contributed by atoms with van der Waals surface area (Å²) in [7, 11) is 0.620. The van der Waals surface area contributed by atoms with Crippen LogP contribution in [0.4, 0.5) is 0 Å². The molecule has 0 saturated heterocycles. The van der Waals surface area contributed by atoms with Crippen LogP contribution in [0.25, 0.3) is 22.3 Å². The van der Waals surface area contributed by atoms with Crippen molar-refractivity contribution in [2.24, 2.45) is 0 Å². The molecule has 4 rings (SSSR count). The van der Waals surface area contributed by atoms with Gasteiger partial charge >= 0.3 is 0 Å². The molecule has 0 fully saturated rings. The standard InChI is InChI=1S/C26H22Si/c1-19-11-15-21(16-12-19)23-7-3-5-9-25(23)27-26-10-6-4-8-24(26)22-17-13-20(2)14-18-22/h3-18H,1-2H3. The fraction of sp³-hybridized carbons (Fsp3) is 0.0769. The van der Waals surface area contributed by atoms with Crippen molar-refractivity contribution in [2.75, 3.05) is 0 Å². The van der Waals surface area contributed by atoms with E-state index in [2.05, 4.69) is 111 Å². The molecule has 0 aliphatic rings. The predicted molar refractivity (Wildman–Crippen MR) is 118 cm³/mol. The second-order valence-electron chi connectivity index (χ2n) is 6.95. The van der Waals surface area contributed by atoms with Gasteiger partial charge in [0.15, 0.2) is 0 Å². The molecule has 0 amide bonds. The van der Waals surface area contributed by atoms with Crippen LogP contribution in [0, 0.1) is 13.8 Å². The fourth-order valence-electron chi connectivity index (χ4n) is 3.30. The summed E-state index contributed by atoms with van der Waals surface area (Å²) >= 11 is 0. The van der Waals surface area contributed by atoms with Crippen molar-refractivity contribution in [1.82, 2.24) is 0 Å². The van der Waals surface area contributed by atoms with E-state index in [0.717, 1.165) is 0 Å². The Labute approximate surface area is 164 Å². The van der Waals surface area contributed by atoms with Crippen molar-refractivity contribution < 1.29 is 0 Å². The highest BCUT2D eigenvalue weighted by Crippen LogP contribution is 2.20. The molecule has 0 unspecified atom stereocenters. The van der Waals surface area contributed by atoms with E-state index in [-0.39, 0.29) is 0 Å². The van der Waals surface area contributed by atoms with Crippen LogP contribution in [-0.4, -0.2) is 9.52 Å². The van der Waals surface area contributed by atoms with E-state index in [4.69, 9.17) is 0 Å². The van der Waals surface area contributed by atoms with Crippen molar-refractivity contribution in [1.29, 1.82) is 0 Å². The van der Waals surface area contributed by atoms with Gasteiger partial charge in [-0.25, -0.2) is 0 Å². The summed E-state index contributed by atoms with van der Waals surface area (Å²) in [6, 6.07) is 35.2. The van der Waals surface area contributed by atoms with Crippen molar-refractivity contribution in [3.63, 3.8) is 0 Å². The van der Waals surface area contributed by atoms with Crippen molar-refractivity contribution in [2.45, 2.75) is 13.8 Å². The smallest absolute Gasteiger partial charge is 0.0625 e. The van der Waals surface area contributed by atoms with E-state index < -0.39 is 0 Å². The molecule has 0 N–H and O–H groups in total. The van der Waals surface area contributed by atoms with Gasteiger partial charge in [0.05, 0.1) is 0 Å². The highest BCUT2D eigenvalue weighted by Gasteiger charge is 2.10. The predicted octanol–water partition coefficient (Wildman–Crippen LogP) is 5.29. The second kappa shape index (κ2) is 7.77. The van der Waals surface area contributed by atoms with E-state index in [1.165, 1.54) is 43.8 Å². The first-order chi connectivity index (χ1) is 13.2. The van der Waals surface area contributed by atoms with Crippen LogP contribution in [-0.2, 0) is 0 Å². The van der Waals surface area contributed by atoms with E-state index in [9.17, 15) is 0 Å². The zero-order valence-corrected chi connectivity index (χ0v) is 16.7. The molecule has 0 spiro atoms. The first-order valence-electron chi connectivity index (χ1n) is 9.30. The van der Waals surface area contributed by atoms with E-state index in [0.29, 0.717) is 9.52 Å². The van der Waals surface area contributed by atoms with Gasteiger partial charge in [-0.05, 0) is 36.1 Å². The topological polar surface area (TPSA) is 0 Å². The van der Waals surface area contributed by atoms with Crippen LogP contribution in [0.15, 0.2) is 97.1 Å². The molecule has 4 aromatic rings. The van der Waals surface area contributed by atoms with Crippen molar-refractivity contribution >= 4 is 19.9 Å². The summed E-state index contributed by atoms with van der Waals surface area (Å²) in [5, 5.41) is 2.78. The monoisotopic (exact) mass is 362 g/mol. The zero-order chi connectivity index (χ0) is 18.6. The molecule has 0 heterocycles. The lowest BCUT2D eigenvalue weighted by Gasteiger charge is -2.13. The second-order valence-corrected chi connectivity index (χ2v) is 8.28. The average Bonchev–Trinajstić information content (AvgIpc) is 2.70. The van der Waals surface area contributed by atoms with Gasteiger partial charge in [-0.15, -0.1) is 0 Å². The first kappa shape index (κ1) is 17.5. The van der Waals surface area contributed by atoms with Crippen LogP contribution in [0.1, 0.15) is 11.1 Å². The summed E-state index contributed by atoms with van der Waals surface area (Å²) in [5.74, 6) is 0. The maximum atomic E-state index is 2.26. The van der Waals surface area contributed by atoms with Gasteiger partial charge in [-0.2, -0.15) is 0 Å². The van der Waals surface area contributed by atoms with Gasteiger partial charge in [-0.3, -0.25) is 0 Å². The minimum Gasteiger partial charge on any atom is -0.0625 e. The van der Waals surface area contributed by atoms with Crippen LogP contribution < -0.4 is 10.4 Å². The molecule has 0 aliphatic carbocycles. The van der Waals surface area contributed by atoms with Gasteiger partial charge in [0, 0.05) is 0 Å². The molecule has 0 saturated carbocycles. The number of aryl methyl sites for hydroxylation is 2. The summed E-state index contributed by atoms with van der Waals surface area (Å²) in [6.45, 7) is 4.27. The largest absolute Gasteiger partial charge is 0.123 e. The summed E-state index contributed by atoms with van der Waals surface area (Å²) in [6.07, 6.45) is 0. The molecular weight excluding hydrogens is 340 g/mol. The van der Waals surface area contributed by atoms with Crippen LogP contribution in [0.3, 0.4) is 0 Å². The maximum absolute atomic E-state index is 2.26. The van der Waals surface area contributed by atoms with Gasteiger partial charge in [-0.1, -0.05) is 119 Å². The third kappa shape index (κ3) is 3.94. The lowest BCUT2D eigenvalue weighted by atomic mass is 10.0.